The second-order valence-electron chi connectivity index (χ2n) is 7.48. The minimum atomic E-state index is -1.02. The second kappa shape index (κ2) is 10.5. The number of carbonyl (C=O) groups excluding carboxylic acids is 1. The SMILES string of the molecule is CC[C@H]1CN(Cc2cc(Cl)ccc2OCC(=O)O)CCN1C(=O)Cc1ccccc1. The molecule has 1 amide bonds. The summed E-state index contributed by atoms with van der Waals surface area (Å²) >= 11 is 6.15. The maximum absolute atomic E-state index is 12.9. The normalized spacial score (nSPS) is 17.0. The molecule has 30 heavy (non-hydrogen) atoms. The lowest BCUT2D eigenvalue weighted by Gasteiger charge is -2.41. The molecule has 1 atom stereocenters. The maximum atomic E-state index is 12.9. The molecule has 0 saturated carbocycles. The first kappa shape index (κ1) is 22.1. The lowest BCUT2D eigenvalue weighted by Crippen LogP contribution is -2.55. The Morgan fingerprint density at radius 2 is 1.93 bits per heavy atom. The molecule has 7 heteroatoms. The van der Waals surface area contributed by atoms with Crippen LogP contribution in [0.5, 0.6) is 5.75 Å². The quantitative estimate of drug-likeness (QED) is 0.694. The highest BCUT2D eigenvalue weighted by Gasteiger charge is 2.29. The van der Waals surface area contributed by atoms with E-state index in [9.17, 15) is 9.59 Å². The zero-order valence-electron chi connectivity index (χ0n) is 17.1. The van der Waals surface area contributed by atoms with E-state index in [1.165, 1.54) is 0 Å². The Balaban J connectivity index is 1.64. The Morgan fingerprint density at radius 1 is 1.17 bits per heavy atom. The number of halogens is 1. The molecule has 0 spiro atoms. The van der Waals surface area contributed by atoms with Crippen molar-refractivity contribution in [2.75, 3.05) is 26.2 Å². The summed E-state index contributed by atoms with van der Waals surface area (Å²) in [4.78, 5) is 28.0. The molecule has 3 rings (SSSR count). The van der Waals surface area contributed by atoms with Crippen LogP contribution < -0.4 is 4.74 Å². The molecule has 1 aliphatic heterocycles. The largest absolute Gasteiger partial charge is 0.482 e. The number of hydrogen-bond acceptors (Lipinski definition) is 4. The lowest BCUT2D eigenvalue weighted by atomic mass is 10.1. The second-order valence-corrected chi connectivity index (χ2v) is 7.92. The number of carboxylic acid groups (broad SMARTS) is 1. The third-order valence-electron chi connectivity index (χ3n) is 5.32. The molecule has 1 aliphatic rings. The van der Waals surface area contributed by atoms with E-state index in [1.807, 2.05) is 41.3 Å². The monoisotopic (exact) mass is 430 g/mol. The van der Waals surface area contributed by atoms with Gasteiger partial charge in [-0.3, -0.25) is 9.69 Å². The number of ether oxygens (including phenoxy) is 1. The molecule has 1 fully saturated rings. The van der Waals surface area contributed by atoms with Crippen molar-refractivity contribution in [1.29, 1.82) is 0 Å². The van der Waals surface area contributed by atoms with Crippen molar-refractivity contribution >= 4 is 23.5 Å². The number of amides is 1. The smallest absolute Gasteiger partial charge is 0.341 e. The molecule has 1 saturated heterocycles. The topological polar surface area (TPSA) is 70.1 Å². The molecule has 2 aromatic rings. The molecule has 160 valence electrons. The van der Waals surface area contributed by atoms with E-state index in [4.69, 9.17) is 21.4 Å². The highest BCUT2D eigenvalue weighted by Crippen LogP contribution is 2.26. The fourth-order valence-corrected chi connectivity index (χ4v) is 4.00. The van der Waals surface area contributed by atoms with Crippen molar-refractivity contribution in [2.45, 2.75) is 32.4 Å². The van der Waals surface area contributed by atoms with Gasteiger partial charge in [-0.25, -0.2) is 4.79 Å². The van der Waals surface area contributed by atoms with Gasteiger partial charge in [0.05, 0.1) is 6.42 Å². The predicted molar refractivity (Wildman–Crippen MR) is 116 cm³/mol. The van der Waals surface area contributed by atoms with Crippen LogP contribution >= 0.6 is 11.6 Å². The van der Waals surface area contributed by atoms with Crippen LogP contribution in [0.15, 0.2) is 48.5 Å². The average molecular weight is 431 g/mol. The van der Waals surface area contributed by atoms with Crippen LogP contribution in [0.1, 0.15) is 24.5 Å². The number of nitrogens with zero attached hydrogens (tertiary/aromatic N) is 2. The van der Waals surface area contributed by atoms with Gasteiger partial charge >= 0.3 is 5.97 Å². The van der Waals surface area contributed by atoms with Gasteiger partial charge in [0, 0.05) is 42.8 Å². The van der Waals surface area contributed by atoms with Gasteiger partial charge in [-0.2, -0.15) is 0 Å². The van der Waals surface area contributed by atoms with Crippen molar-refractivity contribution in [3.63, 3.8) is 0 Å². The number of aliphatic carboxylic acids is 1. The molecular formula is C23H27ClN2O4. The van der Waals surface area contributed by atoms with E-state index in [-0.39, 0.29) is 11.9 Å². The average Bonchev–Trinajstić information content (AvgIpc) is 2.73. The van der Waals surface area contributed by atoms with Gasteiger partial charge in [-0.05, 0) is 30.2 Å². The summed E-state index contributed by atoms with van der Waals surface area (Å²) in [6.07, 6.45) is 1.29. The standard InChI is InChI=1S/C23H27ClN2O4/c1-2-20-15-25(10-11-26(20)22(27)12-17-6-4-3-5-7-17)14-18-13-19(24)8-9-21(18)30-16-23(28)29/h3-9,13,20H,2,10-12,14-16H2,1H3,(H,28,29)/t20-/m0/s1. The van der Waals surface area contributed by atoms with Crippen LogP contribution in [0.3, 0.4) is 0 Å². The summed E-state index contributed by atoms with van der Waals surface area (Å²) in [6.45, 7) is 4.44. The van der Waals surface area contributed by atoms with Gasteiger partial charge in [-0.15, -0.1) is 0 Å². The summed E-state index contributed by atoms with van der Waals surface area (Å²) in [5.74, 6) is -0.342. The number of benzene rings is 2. The third kappa shape index (κ3) is 5.97. The summed E-state index contributed by atoms with van der Waals surface area (Å²) in [7, 11) is 0. The molecule has 0 bridgehead atoms. The maximum Gasteiger partial charge on any atom is 0.341 e. The molecule has 0 radical (unpaired) electrons. The van der Waals surface area contributed by atoms with Gasteiger partial charge in [0.2, 0.25) is 5.91 Å². The predicted octanol–water partition coefficient (Wildman–Crippen LogP) is 3.47. The Labute approximate surface area is 182 Å². The highest BCUT2D eigenvalue weighted by atomic mass is 35.5. The van der Waals surface area contributed by atoms with Gasteiger partial charge in [0.1, 0.15) is 5.75 Å². The van der Waals surface area contributed by atoms with Crippen molar-refractivity contribution in [3.8, 4) is 5.75 Å². The van der Waals surface area contributed by atoms with E-state index in [0.29, 0.717) is 30.3 Å². The van der Waals surface area contributed by atoms with Gasteiger partial charge in [-0.1, -0.05) is 48.9 Å². The first-order valence-corrected chi connectivity index (χ1v) is 10.5. The highest BCUT2D eigenvalue weighted by molar-refractivity contribution is 6.30. The fraction of sp³-hybridized carbons (Fsp3) is 0.391. The molecule has 1 N–H and O–H groups in total. The molecule has 1 heterocycles. The summed E-state index contributed by atoms with van der Waals surface area (Å²) in [5, 5.41) is 9.48. The molecule has 0 aromatic heterocycles. The summed E-state index contributed by atoms with van der Waals surface area (Å²) in [5.41, 5.74) is 1.88. The van der Waals surface area contributed by atoms with Crippen LogP contribution in [-0.4, -0.2) is 59.1 Å². The van der Waals surface area contributed by atoms with Crippen molar-refractivity contribution in [3.05, 3.63) is 64.7 Å². The Hall–Kier alpha value is -2.57. The molecule has 0 aliphatic carbocycles. The van der Waals surface area contributed by atoms with Crippen LogP contribution in [0.4, 0.5) is 0 Å². The molecule has 0 unspecified atom stereocenters. The summed E-state index contributed by atoms with van der Waals surface area (Å²) in [6, 6.07) is 15.2. The summed E-state index contributed by atoms with van der Waals surface area (Å²) < 4.78 is 5.42. The minimum Gasteiger partial charge on any atom is -0.482 e. The number of piperazine rings is 1. The number of hydrogen-bond donors (Lipinski definition) is 1. The van der Waals surface area contributed by atoms with Crippen LogP contribution in [0.25, 0.3) is 0 Å². The van der Waals surface area contributed by atoms with E-state index >= 15 is 0 Å². The Bertz CT molecular complexity index is 875. The van der Waals surface area contributed by atoms with Crippen LogP contribution in [0.2, 0.25) is 5.02 Å². The van der Waals surface area contributed by atoms with Crippen molar-refractivity contribution in [2.24, 2.45) is 0 Å². The molecule has 2 aromatic carbocycles. The van der Waals surface area contributed by atoms with Gasteiger partial charge in [0.25, 0.3) is 0 Å². The van der Waals surface area contributed by atoms with Gasteiger partial charge in [0.15, 0.2) is 6.61 Å². The van der Waals surface area contributed by atoms with Gasteiger partial charge < -0.3 is 14.7 Å². The zero-order chi connectivity index (χ0) is 21.5. The Kier molecular flexibility index (Phi) is 7.71. The number of carbonyl (C=O) groups is 2. The van der Waals surface area contributed by atoms with Crippen molar-refractivity contribution < 1.29 is 19.4 Å². The molecule has 6 nitrogen and oxygen atoms in total. The van der Waals surface area contributed by atoms with E-state index in [1.54, 1.807) is 12.1 Å². The third-order valence-corrected chi connectivity index (χ3v) is 5.56. The zero-order valence-corrected chi connectivity index (χ0v) is 17.8. The first-order valence-electron chi connectivity index (χ1n) is 10.1. The molecular weight excluding hydrogens is 404 g/mol. The Morgan fingerprint density at radius 3 is 2.63 bits per heavy atom. The van der Waals surface area contributed by atoms with Crippen LogP contribution in [0, 0.1) is 0 Å². The fourth-order valence-electron chi connectivity index (χ4n) is 3.81. The van der Waals surface area contributed by atoms with E-state index in [2.05, 4.69) is 11.8 Å². The number of carboxylic acids is 1. The first-order chi connectivity index (χ1) is 14.5. The van der Waals surface area contributed by atoms with E-state index in [0.717, 1.165) is 30.6 Å². The minimum absolute atomic E-state index is 0.137. The van der Waals surface area contributed by atoms with Crippen LogP contribution in [-0.2, 0) is 22.6 Å². The number of rotatable bonds is 8. The lowest BCUT2D eigenvalue weighted by molar-refractivity contribution is -0.139. The van der Waals surface area contributed by atoms with Crippen molar-refractivity contribution in [1.82, 2.24) is 9.80 Å². The van der Waals surface area contributed by atoms with E-state index < -0.39 is 12.6 Å².